The predicted octanol–water partition coefficient (Wildman–Crippen LogP) is 0.201. The standard InChI is InChI=1S/C7H9N3O3/c1-8-4-3-6(10(12)13)5-7(11)9-2/h3-4,6H,5H2,2H3,(H,9,11). The van der Waals surface area contributed by atoms with E-state index in [2.05, 4.69) is 10.2 Å². The molecule has 0 aromatic carbocycles. The average molecular weight is 183 g/mol. The van der Waals surface area contributed by atoms with Crippen molar-refractivity contribution < 1.29 is 9.72 Å². The Bertz CT molecular complexity index is 267. The van der Waals surface area contributed by atoms with E-state index < -0.39 is 16.9 Å². The molecule has 0 aromatic heterocycles. The van der Waals surface area contributed by atoms with E-state index in [4.69, 9.17) is 6.57 Å². The summed E-state index contributed by atoms with van der Waals surface area (Å²) < 4.78 is 0. The summed E-state index contributed by atoms with van der Waals surface area (Å²) in [5.41, 5.74) is 0. The number of nitrogens with zero attached hydrogens (tertiary/aromatic N) is 2. The van der Waals surface area contributed by atoms with Gasteiger partial charge in [-0.3, -0.25) is 14.9 Å². The number of rotatable bonds is 4. The van der Waals surface area contributed by atoms with Gasteiger partial charge in [0, 0.05) is 12.0 Å². The van der Waals surface area contributed by atoms with Crippen LogP contribution >= 0.6 is 0 Å². The first kappa shape index (κ1) is 11.1. The molecule has 6 heteroatoms. The minimum Gasteiger partial charge on any atom is -0.359 e. The first-order chi connectivity index (χ1) is 6.11. The molecule has 0 aliphatic rings. The number of amides is 1. The molecule has 70 valence electrons. The van der Waals surface area contributed by atoms with Crippen LogP contribution in [0.4, 0.5) is 0 Å². The lowest BCUT2D eigenvalue weighted by Gasteiger charge is -2.02. The smallest absolute Gasteiger partial charge is 0.230 e. The molecule has 1 amide bonds. The summed E-state index contributed by atoms with van der Waals surface area (Å²) in [5, 5.41) is 12.6. The van der Waals surface area contributed by atoms with Crippen LogP contribution in [0.5, 0.6) is 0 Å². The number of carbonyl (C=O) groups is 1. The van der Waals surface area contributed by atoms with Gasteiger partial charge in [-0.05, 0) is 6.08 Å². The van der Waals surface area contributed by atoms with Crippen molar-refractivity contribution >= 4 is 5.91 Å². The van der Waals surface area contributed by atoms with Gasteiger partial charge in [-0.1, -0.05) is 0 Å². The number of nitro groups is 1. The molecule has 0 radical (unpaired) electrons. The van der Waals surface area contributed by atoms with E-state index in [0.29, 0.717) is 0 Å². The van der Waals surface area contributed by atoms with Crippen LogP contribution in [0.2, 0.25) is 0 Å². The van der Waals surface area contributed by atoms with Gasteiger partial charge in [0.05, 0.1) is 13.0 Å². The third kappa shape index (κ3) is 4.53. The molecule has 0 heterocycles. The van der Waals surface area contributed by atoms with E-state index >= 15 is 0 Å². The van der Waals surface area contributed by atoms with Gasteiger partial charge in [-0.2, -0.15) is 0 Å². The molecule has 1 N–H and O–H groups in total. The lowest BCUT2D eigenvalue weighted by Crippen LogP contribution is -2.27. The molecule has 0 bridgehead atoms. The monoisotopic (exact) mass is 183 g/mol. The van der Waals surface area contributed by atoms with Crippen LogP contribution in [-0.4, -0.2) is 23.9 Å². The van der Waals surface area contributed by atoms with Crippen molar-refractivity contribution in [3.05, 3.63) is 33.8 Å². The minimum atomic E-state index is -1.12. The van der Waals surface area contributed by atoms with Gasteiger partial charge >= 0.3 is 0 Å². The summed E-state index contributed by atoms with van der Waals surface area (Å²) in [6.45, 7) is 6.38. The molecule has 6 nitrogen and oxygen atoms in total. The molecule has 0 aromatic rings. The first-order valence-electron chi connectivity index (χ1n) is 3.49. The summed E-state index contributed by atoms with van der Waals surface area (Å²) in [6, 6.07) is -1.12. The molecule has 1 unspecified atom stereocenters. The van der Waals surface area contributed by atoms with E-state index in [0.717, 1.165) is 12.3 Å². The quantitative estimate of drug-likeness (QED) is 0.384. The van der Waals surface area contributed by atoms with Crippen molar-refractivity contribution in [3.63, 3.8) is 0 Å². The fourth-order valence-corrected chi connectivity index (χ4v) is 0.647. The normalized spacial score (nSPS) is 12.0. The van der Waals surface area contributed by atoms with Gasteiger partial charge in [0.15, 0.2) is 6.20 Å². The maximum Gasteiger partial charge on any atom is 0.230 e. The number of hydrogen-bond donors (Lipinski definition) is 1. The number of nitrogens with one attached hydrogen (secondary N) is 1. The Hall–Kier alpha value is -1.90. The minimum absolute atomic E-state index is 0.241. The molecular weight excluding hydrogens is 174 g/mol. The van der Waals surface area contributed by atoms with E-state index in [1.165, 1.54) is 7.05 Å². The zero-order valence-electron chi connectivity index (χ0n) is 7.06. The summed E-state index contributed by atoms with van der Waals surface area (Å²) in [4.78, 5) is 23.3. The lowest BCUT2D eigenvalue weighted by molar-refractivity contribution is -0.508. The van der Waals surface area contributed by atoms with Crippen molar-refractivity contribution in [2.75, 3.05) is 7.05 Å². The maximum absolute atomic E-state index is 10.8. The zero-order valence-corrected chi connectivity index (χ0v) is 7.06. The Kier molecular flexibility index (Phi) is 4.88. The highest BCUT2D eigenvalue weighted by Crippen LogP contribution is 1.99. The summed E-state index contributed by atoms with van der Waals surface area (Å²) in [7, 11) is 1.40. The summed E-state index contributed by atoms with van der Waals surface area (Å²) in [6.07, 6.45) is 1.84. The van der Waals surface area contributed by atoms with E-state index in [1.54, 1.807) is 0 Å². The van der Waals surface area contributed by atoms with Gasteiger partial charge in [0.25, 0.3) is 0 Å². The highest BCUT2D eigenvalue weighted by atomic mass is 16.6. The highest BCUT2D eigenvalue weighted by Gasteiger charge is 2.19. The zero-order chi connectivity index (χ0) is 10.3. The Morgan fingerprint density at radius 3 is 2.85 bits per heavy atom. The second-order valence-electron chi connectivity index (χ2n) is 2.20. The Balaban J connectivity index is 4.28. The Morgan fingerprint density at radius 1 is 1.85 bits per heavy atom. The van der Waals surface area contributed by atoms with Gasteiger partial charge in [0.1, 0.15) is 0 Å². The van der Waals surface area contributed by atoms with Crippen molar-refractivity contribution in [1.29, 1.82) is 0 Å². The summed E-state index contributed by atoms with van der Waals surface area (Å²) in [5.74, 6) is -0.420. The fraction of sp³-hybridized carbons (Fsp3) is 0.429. The van der Waals surface area contributed by atoms with Crippen molar-refractivity contribution in [2.24, 2.45) is 0 Å². The fourth-order valence-electron chi connectivity index (χ4n) is 0.647. The second-order valence-corrected chi connectivity index (χ2v) is 2.20. The Morgan fingerprint density at radius 2 is 2.46 bits per heavy atom. The molecule has 0 saturated heterocycles. The van der Waals surface area contributed by atoms with Gasteiger partial charge in [-0.25, -0.2) is 4.85 Å². The number of hydrogen-bond acceptors (Lipinski definition) is 3. The van der Waals surface area contributed by atoms with Crippen LogP contribution in [0.1, 0.15) is 6.42 Å². The average Bonchev–Trinajstić information content (AvgIpc) is 2.11. The Labute approximate surface area is 75.2 Å². The molecule has 0 fully saturated rings. The number of carbonyl (C=O) groups excluding carboxylic acids is 1. The third-order valence-corrected chi connectivity index (χ3v) is 1.33. The molecule has 0 aliphatic heterocycles. The third-order valence-electron chi connectivity index (χ3n) is 1.33. The van der Waals surface area contributed by atoms with Crippen molar-refractivity contribution in [1.82, 2.24) is 5.32 Å². The van der Waals surface area contributed by atoms with Crippen LogP contribution in [-0.2, 0) is 4.79 Å². The SMILES string of the molecule is [C-]#[N+]C=CC(CC(=O)NC)[N+](=O)[O-]. The van der Waals surface area contributed by atoms with Gasteiger partial charge in [-0.15, -0.1) is 0 Å². The largest absolute Gasteiger partial charge is 0.359 e. The van der Waals surface area contributed by atoms with Gasteiger partial charge in [0.2, 0.25) is 11.9 Å². The molecule has 0 aliphatic carbocycles. The topological polar surface area (TPSA) is 76.6 Å². The first-order valence-corrected chi connectivity index (χ1v) is 3.49. The highest BCUT2D eigenvalue weighted by molar-refractivity contribution is 5.76. The molecule has 0 rings (SSSR count). The predicted molar refractivity (Wildman–Crippen MR) is 45.2 cm³/mol. The molecule has 0 spiro atoms. The lowest BCUT2D eigenvalue weighted by atomic mass is 10.2. The molecular formula is C7H9N3O3. The molecule has 13 heavy (non-hydrogen) atoms. The maximum atomic E-state index is 10.8. The second kappa shape index (κ2) is 5.71. The van der Waals surface area contributed by atoms with Gasteiger partial charge < -0.3 is 5.32 Å². The van der Waals surface area contributed by atoms with Crippen LogP contribution in [0.3, 0.4) is 0 Å². The van der Waals surface area contributed by atoms with E-state index in [9.17, 15) is 14.9 Å². The van der Waals surface area contributed by atoms with Crippen LogP contribution in [0.15, 0.2) is 12.3 Å². The van der Waals surface area contributed by atoms with E-state index in [-0.39, 0.29) is 6.42 Å². The van der Waals surface area contributed by atoms with E-state index in [1.807, 2.05) is 0 Å². The van der Waals surface area contributed by atoms with Crippen LogP contribution in [0, 0.1) is 16.7 Å². The van der Waals surface area contributed by atoms with Crippen LogP contribution < -0.4 is 5.32 Å². The van der Waals surface area contributed by atoms with Crippen LogP contribution in [0.25, 0.3) is 4.85 Å². The van der Waals surface area contributed by atoms with Crippen molar-refractivity contribution in [3.8, 4) is 0 Å². The summed E-state index contributed by atoms with van der Waals surface area (Å²) >= 11 is 0. The molecule has 0 saturated carbocycles. The molecule has 1 atom stereocenters. The van der Waals surface area contributed by atoms with Crippen molar-refractivity contribution in [2.45, 2.75) is 12.5 Å².